The van der Waals surface area contributed by atoms with Crippen LogP contribution in [0.15, 0.2) is 35.5 Å². The van der Waals surface area contributed by atoms with Crippen LogP contribution in [-0.2, 0) is 13.1 Å². The van der Waals surface area contributed by atoms with Crippen molar-refractivity contribution in [2.75, 3.05) is 11.9 Å². The van der Waals surface area contributed by atoms with Crippen molar-refractivity contribution in [1.82, 2.24) is 20.9 Å². The molecule has 2 aromatic rings. The molecule has 0 bridgehead atoms. The number of guanidine groups is 1. The standard InChI is InChI=1S/C19H28N6OS.HI/c1-5-20-18(23-12-17-21-10-14(4)27-17)22-11-15-6-8-16(9-7-15)25-19(26)24-13(2)3;/h6-10,13H,5,11-12H2,1-4H3,(H2,20,22,23)(H2,24,25,26);1H. The van der Waals surface area contributed by atoms with Crippen LogP contribution >= 0.6 is 35.3 Å². The molecule has 0 spiro atoms. The molecule has 0 aliphatic rings. The number of urea groups is 1. The maximum absolute atomic E-state index is 11.7. The minimum atomic E-state index is -0.202. The number of carbonyl (C=O) groups is 1. The van der Waals surface area contributed by atoms with Gasteiger partial charge in [-0.3, -0.25) is 0 Å². The summed E-state index contributed by atoms with van der Waals surface area (Å²) in [5.74, 6) is 0.754. The Kier molecular flexibility index (Phi) is 10.8. The molecule has 0 radical (unpaired) electrons. The van der Waals surface area contributed by atoms with Gasteiger partial charge in [-0.15, -0.1) is 35.3 Å². The molecule has 0 saturated heterocycles. The lowest BCUT2D eigenvalue weighted by Crippen LogP contribution is -2.36. The topological polar surface area (TPSA) is 90.4 Å². The lowest BCUT2D eigenvalue weighted by molar-refractivity contribution is 0.250. The Labute approximate surface area is 187 Å². The number of thiazole rings is 1. The van der Waals surface area contributed by atoms with Crippen LogP contribution in [-0.4, -0.2) is 29.6 Å². The van der Waals surface area contributed by atoms with Crippen LogP contribution in [0, 0.1) is 6.92 Å². The van der Waals surface area contributed by atoms with Gasteiger partial charge in [-0.05, 0) is 45.4 Å². The van der Waals surface area contributed by atoms with Crippen LogP contribution in [0.25, 0.3) is 0 Å². The lowest BCUT2D eigenvalue weighted by atomic mass is 10.2. The zero-order valence-corrected chi connectivity index (χ0v) is 19.9. The van der Waals surface area contributed by atoms with Crippen molar-refractivity contribution in [3.63, 3.8) is 0 Å². The molecule has 0 fully saturated rings. The Morgan fingerprint density at radius 1 is 1.21 bits per heavy atom. The summed E-state index contributed by atoms with van der Waals surface area (Å²) in [4.78, 5) is 21.9. The number of amides is 2. The number of nitrogens with one attached hydrogen (secondary N) is 4. The number of aromatic nitrogens is 1. The molecule has 0 aliphatic heterocycles. The monoisotopic (exact) mass is 516 g/mol. The zero-order valence-electron chi connectivity index (χ0n) is 16.7. The number of carbonyl (C=O) groups excluding carboxylic acids is 1. The SMILES string of the molecule is CCNC(=NCc1ccc(NC(=O)NC(C)C)cc1)NCc1ncc(C)s1.I. The molecule has 1 aromatic heterocycles. The first kappa shape index (κ1) is 24.2. The molecule has 154 valence electrons. The van der Waals surface area contributed by atoms with E-state index in [1.807, 2.05) is 58.2 Å². The van der Waals surface area contributed by atoms with E-state index in [0.717, 1.165) is 28.8 Å². The predicted octanol–water partition coefficient (Wildman–Crippen LogP) is 3.85. The molecule has 0 unspecified atom stereocenters. The molecule has 0 aliphatic carbocycles. The minimum absolute atomic E-state index is 0. The lowest BCUT2D eigenvalue weighted by Gasteiger charge is -2.11. The summed E-state index contributed by atoms with van der Waals surface area (Å²) < 4.78 is 0. The maximum atomic E-state index is 11.7. The Hall–Kier alpha value is -1.88. The molecule has 2 amide bonds. The van der Waals surface area contributed by atoms with Crippen LogP contribution in [0.3, 0.4) is 0 Å². The second kappa shape index (κ2) is 12.6. The van der Waals surface area contributed by atoms with Crippen LogP contribution in [0.1, 0.15) is 36.2 Å². The number of hydrogen-bond donors (Lipinski definition) is 4. The molecular formula is C19H29IN6OS. The molecule has 4 N–H and O–H groups in total. The average Bonchev–Trinajstić information content (AvgIpc) is 3.03. The van der Waals surface area contributed by atoms with E-state index >= 15 is 0 Å². The van der Waals surface area contributed by atoms with Crippen LogP contribution in [0.5, 0.6) is 0 Å². The van der Waals surface area contributed by atoms with Gasteiger partial charge >= 0.3 is 6.03 Å². The number of nitrogens with zero attached hydrogens (tertiary/aromatic N) is 2. The van der Waals surface area contributed by atoms with Crippen molar-refractivity contribution in [2.45, 2.75) is 46.8 Å². The van der Waals surface area contributed by atoms with E-state index in [-0.39, 0.29) is 36.0 Å². The van der Waals surface area contributed by atoms with E-state index < -0.39 is 0 Å². The van der Waals surface area contributed by atoms with E-state index in [0.29, 0.717) is 13.1 Å². The summed E-state index contributed by atoms with van der Waals surface area (Å²) in [6.07, 6.45) is 1.88. The van der Waals surface area contributed by atoms with Gasteiger partial charge in [0, 0.05) is 29.3 Å². The van der Waals surface area contributed by atoms with E-state index in [2.05, 4.69) is 31.2 Å². The summed E-state index contributed by atoms with van der Waals surface area (Å²) in [5, 5.41) is 13.2. The van der Waals surface area contributed by atoms with Crippen molar-refractivity contribution >= 4 is 53.0 Å². The number of anilines is 1. The Morgan fingerprint density at radius 2 is 1.93 bits per heavy atom. The van der Waals surface area contributed by atoms with E-state index in [1.54, 1.807) is 11.3 Å². The molecule has 28 heavy (non-hydrogen) atoms. The van der Waals surface area contributed by atoms with Gasteiger partial charge in [-0.2, -0.15) is 0 Å². The Bertz CT molecular complexity index is 760. The molecule has 0 atom stereocenters. The largest absolute Gasteiger partial charge is 0.357 e. The summed E-state index contributed by atoms with van der Waals surface area (Å²) in [7, 11) is 0. The first-order chi connectivity index (χ1) is 13.0. The minimum Gasteiger partial charge on any atom is -0.357 e. The van der Waals surface area contributed by atoms with Crippen molar-refractivity contribution in [1.29, 1.82) is 0 Å². The smallest absolute Gasteiger partial charge is 0.319 e. The van der Waals surface area contributed by atoms with Crippen LogP contribution in [0.2, 0.25) is 0 Å². The molecule has 0 saturated carbocycles. The molecule has 7 nitrogen and oxygen atoms in total. The summed E-state index contributed by atoms with van der Waals surface area (Å²) in [6.45, 7) is 9.91. The second-order valence-corrected chi connectivity index (χ2v) is 7.68. The van der Waals surface area contributed by atoms with Crippen LogP contribution in [0.4, 0.5) is 10.5 Å². The molecule has 1 heterocycles. The Balaban J connectivity index is 0.00000392. The van der Waals surface area contributed by atoms with Crippen molar-refractivity contribution < 1.29 is 4.79 Å². The summed E-state index contributed by atoms with van der Waals surface area (Å²) >= 11 is 1.68. The average molecular weight is 516 g/mol. The third-order valence-corrected chi connectivity index (χ3v) is 4.38. The fourth-order valence-corrected chi connectivity index (χ4v) is 3.00. The number of halogens is 1. The first-order valence-corrected chi connectivity index (χ1v) is 9.88. The van der Waals surface area contributed by atoms with Crippen molar-refractivity contribution in [3.8, 4) is 0 Å². The van der Waals surface area contributed by atoms with Gasteiger partial charge < -0.3 is 21.3 Å². The quantitative estimate of drug-likeness (QED) is 0.256. The van der Waals surface area contributed by atoms with Gasteiger partial charge in [0.2, 0.25) is 0 Å². The van der Waals surface area contributed by atoms with Crippen molar-refractivity contribution in [2.24, 2.45) is 4.99 Å². The van der Waals surface area contributed by atoms with E-state index in [1.165, 1.54) is 4.88 Å². The summed E-state index contributed by atoms with van der Waals surface area (Å²) in [5.41, 5.74) is 1.82. The van der Waals surface area contributed by atoms with Crippen LogP contribution < -0.4 is 21.3 Å². The van der Waals surface area contributed by atoms with Gasteiger partial charge in [-0.1, -0.05) is 12.1 Å². The fourth-order valence-electron chi connectivity index (χ4n) is 2.28. The zero-order chi connectivity index (χ0) is 19.6. The number of hydrogen-bond acceptors (Lipinski definition) is 4. The number of rotatable bonds is 7. The summed E-state index contributed by atoms with van der Waals surface area (Å²) in [6, 6.07) is 7.58. The molecule has 2 rings (SSSR count). The highest BCUT2D eigenvalue weighted by Crippen LogP contribution is 2.11. The third-order valence-electron chi connectivity index (χ3n) is 3.47. The van der Waals surface area contributed by atoms with E-state index in [4.69, 9.17) is 0 Å². The highest BCUT2D eigenvalue weighted by molar-refractivity contribution is 14.0. The van der Waals surface area contributed by atoms with Gasteiger partial charge in [0.25, 0.3) is 0 Å². The third kappa shape index (κ3) is 8.87. The van der Waals surface area contributed by atoms with Gasteiger partial charge in [0.15, 0.2) is 5.96 Å². The van der Waals surface area contributed by atoms with Gasteiger partial charge in [-0.25, -0.2) is 14.8 Å². The highest BCUT2D eigenvalue weighted by Gasteiger charge is 2.04. The molecular weight excluding hydrogens is 487 g/mol. The van der Waals surface area contributed by atoms with E-state index in [9.17, 15) is 4.79 Å². The van der Waals surface area contributed by atoms with Crippen molar-refractivity contribution in [3.05, 3.63) is 45.9 Å². The van der Waals surface area contributed by atoms with Gasteiger partial charge in [0.1, 0.15) is 5.01 Å². The Morgan fingerprint density at radius 3 is 2.50 bits per heavy atom. The molecule has 9 heteroatoms. The number of benzene rings is 1. The second-order valence-electron chi connectivity index (χ2n) is 6.36. The molecule has 1 aromatic carbocycles. The predicted molar refractivity (Wildman–Crippen MR) is 128 cm³/mol. The van der Waals surface area contributed by atoms with Gasteiger partial charge in [0.05, 0.1) is 13.1 Å². The number of aryl methyl sites for hydroxylation is 1. The highest BCUT2D eigenvalue weighted by atomic mass is 127. The maximum Gasteiger partial charge on any atom is 0.319 e. The number of aliphatic imine (C=N–C) groups is 1. The first-order valence-electron chi connectivity index (χ1n) is 9.06. The normalized spacial score (nSPS) is 11.0. The fraction of sp³-hybridized carbons (Fsp3) is 0.421.